The van der Waals surface area contributed by atoms with Gasteiger partial charge in [-0.2, -0.15) is 5.10 Å². The van der Waals surface area contributed by atoms with E-state index >= 15 is 0 Å². The van der Waals surface area contributed by atoms with Crippen molar-refractivity contribution < 1.29 is 9.53 Å². The second-order valence-electron chi connectivity index (χ2n) is 5.40. The lowest BCUT2D eigenvalue weighted by Gasteiger charge is -2.08. The Kier molecular flexibility index (Phi) is 6.11. The Hall–Kier alpha value is -2.99. The lowest BCUT2D eigenvalue weighted by atomic mass is 10.2. The highest BCUT2D eigenvalue weighted by molar-refractivity contribution is 9.10. The van der Waals surface area contributed by atoms with Crippen LogP contribution in [0.5, 0.6) is 5.75 Å². The maximum absolute atomic E-state index is 11.9. The minimum absolute atomic E-state index is 0.309. The van der Waals surface area contributed by atoms with E-state index in [1.807, 2.05) is 48.5 Å². The second kappa shape index (κ2) is 8.92. The highest BCUT2D eigenvalue weighted by Crippen LogP contribution is 2.26. The van der Waals surface area contributed by atoms with Gasteiger partial charge in [-0.25, -0.2) is 5.43 Å². The molecule has 5 nitrogen and oxygen atoms in total. The van der Waals surface area contributed by atoms with Crippen LogP contribution in [-0.4, -0.2) is 17.1 Å². The first-order chi connectivity index (χ1) is 12.7. The molecule has 0 bridgehead atoms. The Labute approximate surface area is 159 Å². The Balaban J connectivity index is 1.58. The van der Waals surface area contributed by atoms with E-state index in [1.165, 1.54) is 6.20 Å². The highest BCUT2D eigenvalue weighted by atomic mass is 79.9. The Morgan fingerprint density at radius 1 is 1.15 bits per heavy atom. The van der Waals surface area contributed by atoms with Gasteiger partial charge in [0.1, 0.15) is 12.4 Å². The minimum atomic E-state index is -0.309. The van der Waals surface area contributed by atoms with Crippen molar-refractivity contribution in [2.75, 3.05) is 0 Å². The molecule has 1 N–H and O–H groups in total. The summed E-state index contributed by atoms with van der Waals surface area (Å²) in [6.45, 7) is 0.494. The summed E-state index contributed by atoms with van der Waals surface area (Å²) in [4.78, 5) is 15.8. The zero-order valence-corrected chi connectivity index (χ0v) is 15.4. The first-order valence-corrected chi connectivity index (χ1v) is 8.71. The molecule has 1 aromatic heterocycles. The van der Waals surface area contributed by atoms with E-state index in [1.54, 1.807) is 24.5 Å². The molecule has 0 aliphatic heterocycles. The molecule has 0 saturated carbocycles. The molecule has 6 heteroatoms. The molecule has 26 heavy (non-hydrogen) atoms. The molecule has 0 unspecified atom stereocenters. The van der Waals surface area contributed by atoms with E-state index in [0.29, 0.717) is 12.2 Å². The average molecular weight is 410 g/mol. The molecule has 1 heterocycles. The van der Waals surface area contributed by atoms with Crippen LogP contribution in [-0.2, 0) is 6.61 Å². The smallest absolute Gasteiger partial charge is 0.272 e. The first-order valence-electron chi connectivity index (χ1n) is 7.92. The van der Waals surface area contributed by atoms with Crippen molar-refractivity contribution in [3.05, 3.63) is 94.2 Å². The summed E-state index contributed by atoms with van der Waals surface area (Å²) in [6.07, 6.45) is 4.67. The van der Waals surface area contributed by atoms with E-state index < -0.39 is 0 Å². The van der Waals surface area contributed by atoms with Crippen molar-refractivity contribution in [3.8, 4) is 5.75 Å². The summed E-state index contributed by atoms with van der Waals surface area (Å²) < 4.78 is 6.63. The first kappa shape index (κ1) is 17.8. The normalized spacial score (nSPS) is 10.7. The summed E-state index contributed by atoms with van der Waals surface area (Å²) in [6, 6.07) is 18.9. The number of benzene rings is 2. The minimum Gasteiger partial charge on any atom is -0.488 e. The van der Waals surface area contributed by atoms with Gasteiger partial charge in [-0.05, 0) is 57.4 Å². The van der Waals surface area contributed by atoms with Crippen molar-refractivity contribution in [1.82, 2.24) is 10.4 Å². The summed E-state index contributed by atoms with van der Waals surface area (Å²) in [5, 5.41) is 3.97. The van der Waals surface area contributed by atoms with E-state index in [2.05, 4.69) is 31.4 Å². The van der Waals surface area contributed by atoms with Crippen molar-refractivity contribution in [1.29, 1.82) is 0 Å². The molecule has 3 aromatic rings. The number of pyridine rings is 1. The number of halogens is 1. The number of hydrazone groups is 1. The van der Waals surface area contributed by atoms with Gasteiger partial charge in [0.05, 0.1) is 16.3 Å². The molecule has 0 radical (unpaired) electrons. The van der Waals surface area contributed by atoms with Crippen LogP contribution in [0.2, 0.25) is 0 Å². The van der Waals surface area contributed by atoms with Crippen LogP contribution in [0.1, 0.15) is 21.5 Å². The van der Waals surface area contributed by atoms with Gasteiger partial charge in [0.2, 0.25) is 0 Å². The van der Waals surface area contributed by atoms with Gasteiger partial charge in [-0.3, -0.25) is 9.78 Å². The van der Waals surface area contributed by atoms with Crippen molar-refractivity contribution in [2.45, 2.75) is 6.61 Å². The van der Waals surface area contributed by atoms with Crippen LogP contribution in [0.3, 0.4) is 0 Å². The third-order valence-electron chi connectivity index (χ3n) is 3.50. The zero-order valence-electron chi connectivity index (χ0n) is 13.8. The largest absolute Gasteiger partial charge is 0.488 e. The average Bonchev–Trinajstić information content (AvgIpc) is 2.69. The monoisotopic (exact) mass is 409 g/mol. The molecule has 0 aliphatic carbocycles. The van der Waals surface area contributed by atoms with E-state index in [0.717, 1.165) is 21.3 Å². The zero-order chi connectivity index (χ0) is 18.2. The summed E-state index contributed by atoms with van der Waals surface area (Å²) in [5.74, 6) is 0.432. The number of nitrogens with zero attached hydrogens (tertiary/aromatic N) is 2. The number of ether oxygens (including phenoxy) is 1. The van der Waals surface area contributed by atoms with Gasteiger partial charge in [0, 0.05) is 12.4 Å². The fraction of sp³-hybridized carbons (Fsp3) is 0.0500. The predicted molar refractivity (Wildman–Crippen MR) is 104 cm³/mol. The van der Waals surface area contributed by atoms with Crippen LogP contribution in [0, 0.1) is 0 Å². The molecular weight excluding hydrogens is 394 g/mol. The predicted octanol–water partition coefficient (Wildman–Crippen LogP) is 4.19. The molecule has 0 saturated heterocycles. The Bertz CT molecular complexity index is 899. The Morgan fingerprint density at radius 3 is 2.73 bits per heavy atom. The van der Waals surface area contributed by atoms with Crippen LogP contribution in [0.15, 0.2) is 82.6 Å². The molecule has 0 spiro atoms. The van der Waals surface area contributed by atoms with Crippen molar-refractivity contribution >= 4 is 28.1 Å². The fourth-order valence-electron chi connectivity index (χ4n) is 2.18. The van der Waals surface area contributed by atoms with Crippen LogP contribution < -0.4 is 10.2 Å². The molecule has 0 atom stereocenters. The maximum atomic E-state index is 11.9. The molecule has 0 fully saturated rings. The number of hydrogen-bond acceptors (Lipinski definition) is 4. The van der Waals surface area contributed by atoms with E-state index in [-0.39, 0.29) is 5.91 Å². The highest BCUT2D eigenvalue weighted by Gasteiger charge is 2.04. The standard InChI is InChI=1S/C20H16BrN3O2/c21-18-11-16(12-23-24-20(25)17-7-4-10-22-13-17)8-9-19(18)26-14-15-5-2-1-3-6-15/h1-13H,14H2,(H,24,25). The molecular formula is C20H16BrN3O2. The fourth-order valence-corrected chi connectivity index (χ4v) is 2.69. The molecule has 130 valence electrons. The molecule has 2 aromatic carbocycles. The van der Waals surface area contributed by atoms with Crippen LogP contribution in [0.25, 0.3) is 0 Å². The van der Waals surface area contributed by atoms with E-state index in [9.17, 15) is 4.79 Å². The van der Waals surface area contributed by atoms with Crippen LogP contribution >= 0.6 is 15.9 Å². The summed E-state index contributed by atoms with van der Waals surface area (Å²) >= 11 is 3.50. The van der Waals surface area contributed by atoms with Crippen molar-refractivity contribution in [2.24, 2.45) is 5.10 Å². The van der Waals surface area contributed by atoms with E-state index in [4.69, 9.17) is 4.74 Å². The quantitative estimate of drug-likeness (QED) is 0.490. The summed E-state index contributed by atoms with van der Waals surface area (Å²) in [5.41, 5.74) is 4.86. The number of hydrogen-bond donors (Lipinski definition) is 1. The SMILES string of the molecule is O=C(NN=Cc1ccc(OCc2ccccc2)c(Br)c1)c1cccnc1. The summed E-state index contributed by atoms with van der Waals surface area (Å²) in [7, 11) is 0. The van der Waals surface area contributed by atoms with Crippen molar-refractivity contribution in [3.63, 3.8) is 0 Å². The maximum Gasteiger partial charge on any atom is 0.272 e. The molecule has 0 aliphatic rings. The number of aromatic nitrogens is 1. The number of carbonyl (C=O) groups is 1. The Morgan fingerprint density at radius 2 is 2.00 bits per heavy atom. The topological polar surface area (TPSA) is 63.6 Å². The van der Waals surface area contributed by atoms with Gasteiger partial charge >= 0.3 is 0 Å². The third-order valence-corrected chi connectivity index (χ3v) is 4.12. The molecule has 3 rings (SSSR count). The molecule has 1 amide bonds. The third kappa shape index (κ3) is 5.00. The second-order valence-corrected chi connectivity index (χ2v) is 6.26. The van der Waals surface area contributed by atoms with Gasteiger partial charge in [0.25, 0.3) is 5.91 Å². The van der Waals surface area contributed by atoms with Gasteiger partial charge in [-0.1, -0.05) is 30.3 Å². The van der Waals surface area contributed by atoms with Gasteiger partial charge in [-0.15, -0.1) is 0 Å². The number of amides is 1. The van der Waals surface area contributed by atoms with Gasteiger partial charge < -0.3 is 4.74 Å². The number of nitrogens with one attached hydrogen (secondary N) is 1. The lowest BCUT2D eigenvalue weighted by molar-refractivity contribution is 0.0955. The lowest BCUT2D eigenvalue weighted by Crippen LogP contribution is -2.17. The van der Waals surface area contributed by atoms with Gasteiger partial charge in [0.15, 0.2) is 0 Å². The number of rotatable bonds is 6. The number of carbonyl (C=O) groups excluding carboxylic acids is 1. The van der Waals surface area contributed by atoms with Crippen LogP contribution in [0.4, 0.5) is 0 Å².